The van der Waals surface area contributed by atoms with Gasteiger partial charge >= 0.3 is 6.09 Å². The van der Waals surface area contributed by atoms with Gasteiger partial charge in [-0.25, -0.2) is 9.18 Å². The maximum Gasteiger partial charge on any atom is 0.407 e. The first-order valence-electron chi connectivity index (χ1n) is 6.66. The molecule has 0 heterocycles. The molecule has 0 bridgehead atoms. The molecule has 112 valence electrons. The van der Waals surface area contributed by atoms with Gasteiger partial charge in [-0.3, -0.25) is 0 Å². The minimum atomic E-state index is -0.572. The van der Waals surface area contributed by atoms with E-state index in [0.717, 1.165) is 5.56 Å². The number of rotatable bonds is 4. The third kappa shape index (κ3) is 5.57. The zero-order chi connectivity index (χ0) is 15.3. The molecule has 3 N–H and O–H groups in total. The van der Waals surface area contributed by atoms with Crippen molar-refractivity contribution in [3.8, 4) is 0 Å². The van der Waals surface area contributed by atoms with Gasteiger partial charge in [0.05, 0.1) is 0 Å². The SMILES string of the molecule is Cc1ccc(F)c(CC(CN)NC(=O)OC(C)(C)C)c1. The molecule has 1 unspecified atom stereocenters. The summed E-state index contributed by atoms with van der Waals surface area (Å²) in [6.07, 6.45) is -0.204. The van der Waals surface area contributed by atoms with Gasteiger partial charge in [0, 0.05) is 12.6 Å². The molecule has 20 heavy (non-hydrogen) atoms. The largest absolute Gasteiger partial charge is 0.444 e. The van der Waals surface area contributed by atoms with Gasteiger partial charge in [0.2, 0.25) is 0 Å². The van der Waals surface area contributed by atoms with Gasteiger partial charge in [-0.15, -0.1) is 0 Å². The van der Waals surface area contributed by atoms with Gasteiger partial charge in [0.25, 0.3) is 0 Å². The summed E-state index contributed by atoms with van der Waals surface area (Å²) in [5.41, 5.74) is 6.56. The third-order valence-electron chi connectivity index (χ3n) is 2.67. The average Bonchev–Trinajstić information content (AvgIpc) is 2.30. The molecule has 0 spiro atoms. The number of alkyl carbamates (subject to hydrolysis) is 1. The first-order chi connectivity index (χ1) is 9.21. The monoisotopic (exact) mass is 282 g/mol. The molecule has 0 radical (unpaired) electrons. The number of halogens is 1. The van der Waals surface area contributed by atoms with Crippen LogP contribution >= 0.6 is 0 Å². The van der Waals surface area contributed by atoms with Crippen LogP contribution in [0, 0.1) is 12.7 Å². The normalized spacial score (nSPS) is 12.9. The summed E-state index contributed by atoms with van der Waals surface area (Å²) in [7, 11) is 0. The van der Waals surface area contributed by atoms with E-state index in [0.29, 0.717) is 12.0 Å². The molecule has 0 saturated heterocycles. The Labute approximate surface area is 119 Å². The van der Waals surface area contributed by atoms with Crippen molar-refractivity contribution in [1.29, 1.82) is 0 Å². The van der Waals surface area contributed by atoms with E-state index in [2.05, 4.69) is 5.32 Å². The maximum absolute atomic E-state index is 13.7. The van der Waals surface area contributed by atoms with E-state index in [1.54, 1.807) is 32.9 Å². The summed E-state index contributed by atoms with van der Waals surface area (Å²) < 4.78 is 18.9. The van der Waals surface area contributed by atoms with Crippen molar-refractivity contribution < 1.29 is 13.9 Å². The average molecular weight is 282 g/mol. The quantitative estimate of drug-likeness (QED) is 0.892. The molecule has 1 atom stereocenters. The lowest BCUT2D eigenvalue weighted by molar-refractivity contribution is 0.0505. The number of aryl methyl sites for hydroxylation is 1. The van der Waals surface area contributed by atoms with Crippen LogP contribution in [0.25, 0.3) is 0 Å². The van der Waals surface area contributed by atoms with Gasteiger partial charge in [-0.2, -0.15) is 0 Å². The summed E-state index contributed by atoms with van der Waals surface area (Å²) in [6, 6.07) is 4.53. The molecule has 0 aliphatic carbocycles. The molecule has 0 aromatic heterocycles. The Bertz CT molecular complexity index is 469. The molecule has 1 amide bonds. The topological polar surface area (TPSA) is 64.3 Å². The molecule has 1 aromatic rings. The summed E-state index contributed by atoms with van der Waals surface area (Å²) >= 11 is 0. The van der Waals surface area contributed by atoms with E-state index in [-0.39, 0.29) is 18.4 Å². The zero-order valence-electron chi connectivity index (χ0n) is 12.5. The van der Waals surface area contributed by atoms with Crippen molar-refractivity contribution >= 4 is 6.09 Å². The number of benzene rings is 1. The molecule has 4 nitrogen and oxygen atoms in total. The number of nitrogens with two attached hydrogens (primary N) is 1. The lowest BCUT2D eigenvalue weighted by atomic mass is 10.0. The highest BCUT2D eigenvalue weighted by Gasteiger charge is 2.19. The van der Waals surface area contributed by atoms with Crippen LogP contribution in [0.15, 0.2) is 18.2 Å². The second-order valence-corrected chi connectivity index (χ2v) is 5.88. The molecule has 1 rings (SSSR count). The van der Waals surface area contributed by atoms with Crippen molar-refractivity contribution in [3.05, 3.63) is 35.1 Å². The highest BCUT2D eigenvalue weighted by Crippen LogP contribution is 2.13. The van der Waals surface area contributed by atoms with Crippen LogP contribution in [0.4, 0.5) is 9.18 Å². The van der Waals surface area contributed by atoms with Gasteiger partial charge < -0.3 is 15.8 Å². The standard InChI is InChI=1S/C15H23FN2O2/c1-10-5-6-13(16)11(7-10)8-12(9-17)18-14(19)20-15(2,3)4/h5-7,12H,8-9,17H2,1-4H3,(H,18,19). The zero-order valence-corrected chi connectivity index (χ0v) is 12.5. The number of hydrogen-bond donors (Lipinski definition) is 2. The fraction of sp³-hybridized carbons (Fsp3) is 0.533. The Kier molecular flexibility index (Phi) is 5.51. The van der Waals surface area contributed by atoms with Gasteiger partial charge in [0.1, 0.15) is 11.4 Å². The van der Waals surface area contributed by atoms with Gasteiger partial charge in [0.15, 0.2) is 0 Å². The van der Waals surface area contributed by atoms with Crippen LogP contribution in [-0.2, 0) is 11.2 Å². The van der Waals surface area contributed by atoms with Crippen molar-refractivity contribution in [1.82, 2.24) is 5.32 Å². The predicted molar refractivity (Wildman–Crippen MR) is 77.1 cm³/mol. The number of hydrogen-bond acceptors (Lipinski definition) is 3. The smallest absolute Gasteiger partial charge is 0.407 e. The number of nitrogens with one attached hydrogen (secondary N) is 1. The third-order valence-corrected chi connectivity index (χ3v) is 2.67. The Morgan fingerprint density at radius 3 is 2.65 bits per heavy atom. The molecule has 5 heteroatoms. The van der Waals surface area contributed by atoms with Crippen molar-refractivity contribution in [2.45, 2.75) is 45.8 Å². The molecule has 1 aromatic carbocycles. The Hall–Kier alpha value is -1.62. The number of carbonyl (C=O) groups is 1. The first kappa shape index (κ1) is 16.4. The fourth-order valence-electron chi connectivity index (χ4n) is 1.79. The lowest BCUT2D eigenvalue weighted by Crippen LogP contribution is -2.44. The molecular weight excluding hydrogens is 259 g/mol. The summed E-state index contributed by atoms with van der Waals surface area (Å²) in [4.78, 5) is 11.7. The van der Waals surface area contributed by atoms with Crippen LogP contribution < -0.4 is 11.1 Å². The highest BCUT2D eigenvalue weighted by atomic mass is 19.1. The number of carbonyl (C=O) groups excluding carboxylic acids is 1. The molecular formula is C15H23FN2O2. The first-order valence-corrected chi connectivity index (χ1v) is 6.66. The second kappa shape index (κ2) is 6.70. The summed E-state index contributed by atoms with van der Waals surface area (Å²) in [5.74, 6) is -0.292. The second-order valence-electron chi connectivity index (χ2n) is 5.88. The van der Waals surface area contributed by atoms with Crippen LogP contribution in [0.1, 0.15) is 31.9 Å². The number of ether oxygens (including phenoxy) is 1. The van der Waals surface area contributed by atoms with Crippen LogP contribution in [0.5, 0.6) is 0 Å². The molecule has 0 saturated carbocycles. The minimum Gasteiger partial charge on any atom is -0.444 e. The van der Waals surface area contributed by atoms with Crippen LogP contribution in [-0.4, -0.2) is 24.3 Å². The van der Waals surface area contributed by atoms with E-state index in [4.69, 9.17) is 10.5 Å². The lowest BCUT2D eigenvalue weighted by Gasteiger charge is -2.23. The van der Waals surface area contributed by atoms with E-state index in [1.165, 1.54) is 6.07 Å². The van der Waals surface area contributed by atoms with E-state index < -0.39 is 11.7 Å². The van der Waals surface area contributed by atoms with Crippen LogP contribution in [0.2, 0.25) is 0 Å². The van der Waals surface area contributed by atoms with Crippen molar-refractivity contribution in [2.24, 2.45) is 5.73 Å². The van der Waals surface area contributed by atoms with Crippen molar-refractivity contribution in [3.63, 3.8) is 0 Å². The van der Waals surface area contributed by atoms with E-state index in [9.17, 15) is 9.18 Å². The Balaban J connectivity index is 2.68. The Morgan fingerprint density at radius 2 is 2.10 bits per heavy atom. The molecule has 0 fully saturated rings. The number of amides is 1. The van der Waals surface area contributed by atoms with E-state index in [1.807, 2.05) is 6.92 Å². The Morgan fingerprint density at radius 1 is 1.45 bits per heavy atom. The maximum atomic E-state index is 13.7. The van der Waals surface area contributed by atoms with Crippen molar-refractivity contribution in [2.75, 3.05) is 6.54 Å². The molecule has 0 aliphatic rings. The summed E-state index contributed by atoms with van der Waals surface area (Å²) in [6.45, 7) is 7.45. The van der Waals surface area contributed by atoms with Gasteiger partial charge in [-0.1, -0.05) is 17.7 Å². The fourth-order valence-corrected chi connectivity index (χ4v) is 1.79. The summed E-state index contributed by atoms with van der Waals surface area (Å²) in [5, 5.41) is 2.67. The highest BCUT2D eigenvalue weighted by molar-refractivity contribution is 5.68. The van der Waals surface area contributed by atoms with Gasteiger partial charge in [-0.05, 0) is 45.7 Å². The van der Waals surface area contributed by atoms with Crippen LogP contribution in [0.3, 0.4) is 0 Å². The minimum absolute atomic E-state index is 0.215. The predicted octanol–water partition coefficient (Wildman–Crippen LogP) is 2.53. The van der Waals surface area contributed by atoms with E-state index >= 15 is 0 Å². The molecule has 0 aliphatic heterocycles.